The molecule has 1 aliphatic rings. The van der Waals surface area contributed by atoms with E-state index in [2.05, 4.69) is 51.4 Å². The normalized spacial score (nSPS) is 14.5. The van der Waals surface area contributed by atoms with Gasteiger partial charge in [0.2, 0.25) is 0 Å². The van der Waals surface area contributed by atoms with Crippen molar-refractivity contribution in [3.63, 3.8) is 0 Å². The van der Waals surface area contributed by atoms with Crippen LogP contribution in [0.2, 0.25) is 0 Å². The molecule has 2 aromatic rings. The SMILES string of the molecule is CN(Cc1ccoc1)c1ccc(Br)cc1CNC1CC1. The molecule has 1 heterocycles. The van der Waals surface area contributed by atoms with Crippen molar-refractivity contribution in [1.82, 2.24) is 5.32 Å². The molecule has 3 nitrogen and oxygen atoms in total. The summed E-state index contributed by atoms with van der Waals surface area (Å²) >= 11 is 3.57. The molecule has 1 saturated carbocycles. The van der Waals surface area contributed by atoms with Crippen molar-refractivity contribution in [3.8, 4) is 0 Å². The van der Waals surface area contributed by atoms with E-state index in [1.807, 2.05) is 6.07 Å². The van der Waals surface area contributed by atoms with Crippen LogP contribution in [0.1, 0.15) is 24.0 Å². The zero-order valence-corrected chi connectivity index (χ0v) is 13.2. The molecule has 3 rings (SSSR count). The van der Waals surface area contributed by atoms with Crippen LogP contribution in [0.3, 0.4) is 0 Å². The largest absolute Gasteiger partial charge is 0.472 e. The highest BCUT2D eigenvalue weighted by atomic mass is 79.9. The molecule has 1 N–H and O–H groups in total. The Morgan fingerprint density at radius 2 is 2.20 bits per heavy atom. The van der Waals surface area contributed by atoms with Crippen molar-refractivity contribution in [1.29, 1.82) is 0 Å². The van der Waals surface area contributed by atoms with Gasteiger partial charge in [-0.1, -0.05) is 15.9 Å². The molecule has 0 atom stereocenters. The summed E-state index contributed by atoms with van der Waals surface area (Å²) in [6, 6.07) is 9.21. The lowest BCUT2D eigenvalue weighted by Gasteiger charge is -2.22. The van der Waals surface area contributed by atoms with Gasteiger partial charge in [0.05, 0.1) is 12.5 Å². The second kappa shape index (κ2) is 6.02. The van der Waals surface area contributed by atoms with Crippen LogP contribution in [-0.2, 0) is 13.1 Å². The number of furan rings is 1. The first-order valence-electron chi connectivity index (χ1n) is 6.96. The van der Waals surface area contributed by atoms with Crippen LogP contribution in [-0.4, -0.2) is 13.1 Å². The van der Waals surface area contributed by atoms with Crippen LogP contribution in [0.25, 0.3) is 0 Å². The first kappa shape index (κ1) is 13.7. The minimum atomic E-state index is 0.723. The van der Waals surface area contributed by atoms with E-state index in [-0.39, 0.29) is 0 Å². The predicted octanol–water partition coefficient (Wildman–Crippen LogP) is 3.93. The topological polar surface area (TPSA) is 28.4 Å². The van der Waals surface area contributed by atoms with Gasteiger partial charge in [-0.25, -0.2) is 0 Å². The Bertz CT molecular complexity index is 564. The van der Waals surface area contributed by atoms with Crippen molar-refractivity contribution in [2.24, 2.45) is 0 Å². The first-order chi connectivity index (χ1) is 9.72. The molecule has 1 aliphatic carbocycles. The van der Waals surface area contributed by atoms with E-state index < -0.39 is 0 Å². The number of nitrogens with zero attached hydrogens (tertiary/aromatic N) is 1. The summed E-state index contributed by atoms with van der Waals surface area (Å²) in [5, 5.41) is 3.59. The van der Waals surface area contributed by atoms with Crippen LogP contribution in [0.4, 0.5) is 5.69 Å². The summed E-state index contributed by atoms with van der Waals surface area (Å²) in [7, 11) is 2.12. The fourth-order valence-corrected chi connectivity index (χ4v) is 2.76. The van der Waals surface area contributed by atoms with Gasteiger partial charge < -0.3 is 14.6 Å². The minimum Gasteiger partial charge on any atom is -0.472 e. The highest BCUT2D eigenvalue weighted by Crippen LogP contribution is 2.27. The molecule has 106 valence electrons. The minimum absolute atomic E-state index is 0.723. The number of nitrogens with one attached hydrogen (secondary N) is 1. The van der Waals surface area contributed by atoms with E-state index in [1.165, 1.54) is 29.7 Å². The molecule has 0 unspecified atom stereocenters. The number of anilines is 1. The van der Waals surface area contributed by atoms with Crippen LogP contribution < -0.4 is 10.2 Å². The lowest BCUT2D eigenvalue weighted by molar-refractivity contribution is 0.563. The van der Waals surface area contributed by atoms with E-state index >= 15 is 0 Å². The van der Waals surface area contributed by atoms with Crippen molar-refractivity contribution in [3.05, 3.63) is 52.4 Å². The molecule has 0 amide bonds. The smallest absolute Gasteiger partial charge is 0.0952 e. The molecule has 0 saturated heterocycles. The third-order valence-electron chi connectivity index (χ3n) is 3.61. The molecule has 20 heavy (non-hydrogen) atoms. The first-order valence-corrected chi connectivity index (χ1v) is 7.75. The van der Waals surface area contributed by atoms with Gasteiger partial charge in [-0.05, 0) is 42.7 Å². The third-order valence-corrected chi connectivity index (χ3v) is 4.10. The van der Waals surface area contributed by atoms with Gasteiger partial charge in [-0.2, -0.15) is 0 Å². The predicted molar refractivity (Wildman–Crippen MR) is 84.8 cm³/mol. The molecule has 0 radical (unpaired) electrons. The molecular formula is C16H19BrN2O. The van der Waals surface area contributed by atoms with E-state index in [1.54, 1.807) is 12.5 Å². The van der Waals surface area contributed by atoms with Gasteiger partial charge in [0.15, 0.2) is 0 Å². The van der Waals surface area contributed by atoms with Gasteiger partial charge in [-0.15, -0.1) is 0 Å². The molecule has 0 spiro atoms. The lowest BCUT2D eigenvalue weighted by Crippen LogP contribution is -2.21. The molecule has 0 bridgehead atoms. The Hall–Kier alpha value is -1.26. The zero-order valence-electron chi connectivity index (χ0n) is 11.6. The number of rotatable bonds is 6. The number of hydrogen-bond donors (Lipinski definition) is 1. The van der Waals surface area contributed by atoms with E-state index in [0.29, 0.717) is 0 Å². The average Bonchev–Trinajstić information content (AvgIpc) is 3.13. The van der Waals surface area contributed by atoms with Gasteiger partial charge >= 0.3 is 0 Å². The van der Waals surface area contributed by atoms with Gasteiger partial charge in [0, 0.05) is 41.9 Å². The van der Waals surface area contributed by atoms with E-state index in [0.717, 1.165) is 23.6 Å². The summed E-state index contributed by atoms with van der Waals surface area (Å²) in [5.41, 5.74) is 3.79. The van der Waals surface area contributed by atoms with E-state index in [4.69, 9.17) is 4.42 Å². The Labute approximate surface area is 128 Å². The van der Waals surface area contributed by atoms with Crippen molar-refractivity contribution in [2.75, 3.05) is 11.9 Å². The Kier molecular flexibility index (Phi) is 4.13. The van der Waals surface area contributed by atoms with Crippen molar-refractivity contribution in [2.45, 2.75) is 32.0 Å². The van der Waals surface area contributed by atoms with Crippen LogP contribution in [0.5, 0.6) is 0 Å². The number of halogens is 1. The maximum absolute atomic E-state index is 5.14. The second-order valence-corrected chi connectivity index (χ2v) is 6.33. The Morgan fingerprint density at radius 1 is 1.35 bits per heavy atom. The number of benzene rings is 1. The maximum atomic E-state index is 5.14. The zero-order chi connectivity index (χ0) is 13.9. The van der Waals surface area contributed by atoms with Gasteiger partial charge in [0.1, 0.15) is 0 Å². The molecular weight excluding hydrogens is 316 g/mol. The Balaban J connectivity index is 1.75. The van der Waals surface area contributed by atoms with Crippen molar-refractivity contribution < 1.29 is 4.42 Å². The fraction of sp³-hybridized carbons (Fsp3) is 0.375. The second-order valence-electron chi connectivity index (χ2n) is 5.42. The Morgan fingerprint density at radius 3 is 2.90 bits per heavy atom. The molecule has 1 aromatic carbocycles. The summed E-state index contributed by atoms with van der Waals surface area (Å²) in [5.74, 6) is 0. The maximum Gasteiger partial charge on any atom is 0.0952 e. The van der Waals surface area contributed by atoms with E-state index in [9.17, 15) is 0 Å². The van der Waals surface area contributed by atoms with Crippen molar-refractivity contribution >= 4 is 21.6 Å². The summed E-state index contributed by atoms with van der Waals surface area (Å²) in [4.78, 5) is 2.27. The highest BCUT2D eigenvalue weighted by molar-refractivity contribution is 9.10. The monoisotopic (exact) mass is 334 g/mol. The third kappa shape index (κ3) is 3.44. The summed E-state index contributed by atoms with van der Waals surface area (Å²) < 4.78 is 6.27. The quantitative estimate of drug-likeness (QED) is 0.867. The molecule has 1 fully saturated rings. The fourth-order valence-electron chi connectivity index (χ4n) is 2.35. The molecule has 4 heteroatoms. The highest BCUT2D eigenvalue weighted by Gasteiger charge is 2.21. The van der Waals surface area contributed by atoms with Crippen LogP contribution in [0, 0.1) is 0 Å². The lowest BCUT2D eigenvalue weighted by atomic mass is 10.1. The summed E-state index contributed by atoms with van der Waals surface area (Å²) in [6.07, 6.45) is 6.15. The van der Waals surface area contributed by atoms with Gasteiger partial charge in [0.25, 0.3) is 0 Å². The molecule has 0 aliphatic heterocycles. The van der Waals surface area contributed by atoms with Gasteiger partial charge in [-0.3, -0.25) is 0 Å². The average molecular weight is 335 g/mol. The standard InChI is InChI=1S/C16H19BrN2O/c1-19(10-12-6-7-20-11-12)16-5-2-14(17)8-13(16)9-18-15-3-4-15/h2,5-8,11,15,18H,3-4,9-10H2,1H3. The van der Waals surface area contributed by atoms with Crippen LogP contribution in [0.15, 0.2) is 45.7 Å². The van der Waals surface area contributed by atoms with Crippen LogP contribution >= 0.6 is 15.9 Å². The summed E-state index contributed by atoms with van der Waals surface area (Å²) in [6.45, 7) is 1.78. The number of hydrogen-bond acceptors (Lipinski definition) is 3. The molecule has 1 aromatic heterocycles.